The first-order valence-electron chi connectivity index (χ1n) is 6.13. The average Bonchev–Trinajstić information content (AvgIpc) is 2.32. The van der Waals surface area contributed by atoms with Crippen LogP contribution < -0.4 is 11.3 Å². The van der Waals surface area contributed by atoms with Crippen LogP contribution >= 0.6 is 15.9 Å². The maximum absolute atomic E-state index is 13.3. The van der Waals surface area contributed by atoms with Crippen molar-refractivity contribution < 1.29 is 9.13 Å². The van der Waals surface area contributed by atoms with Gasteiger partial charge in [0.05, 0.1) is 12.1 Å². The molecule has 18 heavy (non-hydrogen) atoms. The van der Waals surface area contributed by atoms with E-state index >= 15 is 0 Å². The van der Waals surface area contributed by atoms with Crippen LogP contribution in [-0.2, 0) is 11.2 Å². The van der Waals surface area contributed by atoms with Crippen LogP contribution in [0.2, 0.25) is 0 Å². The summed E-state index contributed by atoms with van der Waals surface area (Å²) >= 11 is 3.29. The van der Waals surface area contributed by atoms with E-state index in [2.05, 4.69) is 21.4 Å². The number of hydrogen-bond donors (Lipinski definition) is 2. The van der Waals surface area contributed by atoms with Crippen molar-refractivity contribution >= 4 is 15.9 Å². The predicted octanol–water partition coefficient (Wildman–Crippen LogP) is 2.78. The monoisotopic (exact) mass is 318 g/mol. The molecular weight excluding hydrogens is 299 g/mol. The van der Waals surface area contributed by atoms with Gasteiger partial charge in [-0.05, 0) is 43.5 Å². The third-order valence-electron chi connectivity index (χ3n) is 2.82. The molecule has 0 saturated heterocycles. The third-order valence-corrected chi connectivity index (χ3v) is 3.28. The molecule has 0 fully saturated rings. The lowest BCUT2D eigenvalue weighted by molar-refractivity contribution is 0.0319. The first-order chi connectivity index (χ1) is 8.60. The van der Waals surface area contributed by atoms with E-state index in [1.165, 1.54) is 12.1 Å². The minimum atomic E-state index is -0.250. The standard InChI is InChI=1S/C13H20BrFN2O/c1-3-13(18-4-2)12(17-16)7-9-5-10(14)8-11(15)6-9/h5-6,8,12-13,17H,3-4,7,16H2,1-2H3. The number of hydrazine groups is 1. The second kappa shape index (κ2) is 7.84. The number of nitrogens with two attached hydrogens (primary N) is 1. The predicted molar refractivity (Wildman–Crippen MR) is 74.6 cm³/mol. The van der Waals surface area contributed by atoms with Gasteiger partial charge in [-0.25, -0.2) is 4.39 Å². The molecule has 2 unspecified atom stereocenters. The van der Waals surface area contributed by atoms with Crippen molar-refractivity contribution in [2.45, 2.75) is 38.8 Å². The molecule has 0 amide bonds. The van der Waals surface area contributed by atoms with Gasteiger partial charge >= 0.3 is 0 Å². The lowest BCUT2D eigenvalue weighted by Crippen LogP contribution is -2.46. The molecule has 0 aliphatic heterocycles. The van der Waals surface area contributed by atoms with Crippen LogP contribution in [0.5, 0.6) is 0 Å². The topological polar surface area (TPSA) is 47.3 Å². The summed E-state index contributed by atoms with van der Waals surface area (Å²) in [7, 11) is 0. The van der Waals surface area contributed by atoms with Crippen molar-refractivity contribution in [2.24, 2.45) is 5.84 Å². The van der Waals surface area contributed by atoms with Crippen molar-refractivity contribution in [3.05, 3.63) is 34.1 Å². The summed E-state index contributed by atoms with van der Waals surface area (Å²) in [5.41, 5.74) is 3.65. The molecule has 102 valence electrons. The largest absolute Gasteiger partial charge is 0.377 e. The summed E-state index contributed by atoms with van der Waals surface area (Å²) in [5.74, 6) is 5.32. The van der Waals surface area contributed by atoms with Crippen LogP contribution in [0, 0.1) is 5.82 Å². The maximum atomic E-state index is 13.3. The van der Waals surface area contributed by atoms with Crippen LogP contribution in [0.15, 0.2) is 22.7 Å². The van der Waals surface area contributed by atoms with Gasteiger partial charge in [-0.1, -0.05) is 22.9 Å². The van der Waals surface area contributed by atoms with E-state index in [9.17, 15) is 4.39 Å². The van der Waals surface area contributed by atoms with Gasteiger partial charge in [0.2, 0.25) is 0 Å². The first kappa shape index (κ1) is 15.6. The molecule has 0 bridgehead atoms. The second-order valence-electron chi connectivity index (χ2n) is 4.16. The zero-order valence-corrected chi connectivity index (χ0v) is 12.3. The fraction of sp³-hybridized carbons (Fsp3) is 0.538. The Hall–Kier alpha value is -0.490. The quantitative estimate of drug-likeness (QED) is 0.600. The van der Waals surface area contributed by atoms with Crippen LogP contribution in [0.1, 0.15) is 25.8 Å². The number of ether oxygens (including phenoxy) is 1. The molecule has 0 spiro atoms. The Morgan fingerprint density at radius 1 is 1.39 bits per heavy atom. The van der Waals surface area contributed by atoms with Crippen LogP contribution in [0.4, 0.5) is 4.39 Å². The molecule has 5 heteroatoms. The molecule has 0 saturated carbocycles. The Morgan fingerprint density at radius 2 is 2.11 bits per heavy atom. The number of nitrogens with one attached hydrogen (secondary N) is 1. The van der Waals surface area contributed by atoms with Gasteiger partial charge in [-0.3, -0.25) is 11.3 Å². The Kier molecular flexibility index (Phi) is 6.78. The first-order valence-corrected chi connectivity index (χ1v) is 6.92. The SMILES string of the molecule is CCOC(CC)C(Cc1cc(F)cc(Br)c1)NN. The van der Waals surface area contributed by atoms with E-state index in [1.54, 1.807) is 0 Å². The fourth-order valence-corrected chi connectivity index (χ4v) is 2.53. The Morgan fingerprint density at radius 3 is 2.61 bits per heavy atom. The molecule has 0 aromatic heterocycles. The molecule has 1 rings (SSSR count). The van der Waals surface area contributed by atoms with Gasteiger partial charge in [0.25, 0.3) is 0 Å². The summed E-state index contributed by atoms with van der Waals surface area (Å²) in [6, 6.07) is 4.83. The van der Waals surface area contributed by atoms with E-state index in [0.29, 0.717) is 13.0 Å². The summed E-state index contributed by atoms with van der Waals surface area (Å²) in [5, 5.41) is 0. The molecule has 3 nitrogen and oxygen atoms in total. The lowest BCUT2D eigenvalue weighted by atomic mass is 10.00. The second-order valence-corrected chi connectivity index (χ2v) is 5.07. The molecule has 1 aromatic carbocycles. The minimum Gasteiger partial charge on any atom is -0.377 e. The zero-order chi connectivity index (χ0) is 13.5. The van der Waals surface area contributed by atoms with E-state index < -0.39 is 0 Å². The lowest BCUT2D eigenvalue weighted by Gasteiger charge is -2.25. The van der Waals surface area contributed by atoms with E-state index in [0.717, 1.165) is 16.5 Å². The van der Waals surface area contributed by atoms with Gasteiger partial charge in [-0.2, -0.15) is 0 Å². The van der Waals surface area contributed by atoms with Gasteiger partial charge in [0, 0.05) is 11.1 Å². The molecule has 3 N–H and O–H groups in total. The van der Waals surface area contributed by atoms with E-state index in [1.807, 2.05) is 19.9 Å². The van der Waals surface area contributed by atoms with Crippen molar-refractivity contribution in [3.63, 3.8) is 0 Å². The molecule has 0 radical (unpaired) electrons. The number of rotatable bonds is 7. The summed E-state index contributed by atoms with van der Waals surface area (Å²) in [6.45, 7) is 4.64. The molecule has 1 aromatic rings. The maximum Gasteiger partial charge on any atom is 0.124 e. The highest BCUT2D eigenvalue weighted by atomic mass is 79.9. The summed E-state index contributed by atoms with van der Waals surface area (Å²) in [6.07, 6.45) is 1.52. The van der Waals surface area contributed by atoms with Gasteiger partial charge in [0.15, 0.2) is 0 Å². The van der Waals surface area contributed by atoms with Crippen molar-refractivity contribution in [2.75, 3.05) is 6.61 Å². The van der Waals surface area contributed by atoms with Crippen molar-refractivity contribution in [3.8, 4) is 0 Å². The Labute approximate surface area is 116 Å². The summed E-state index contributed by atoms with van der Waals surface area (Å²) < 4.78 is 19.7. The Balaban J connectivity index is 2.77. The molecule has 0 aliphatic rings. The molecule has 0 heterocycles. The number of hydrogen-bond acceptors (Lipinski definition) is 3. The number of halogens is 2. The number of benzene rings is 1. The fourth-order valence-electron chi connectivity index (χ4n) is 2.01. The highest BCUT2D eigenvalue weighted by Crippen LogP contribution is 2.18. The van der Waals surface area contributed by atoms with Crippen molar-refractivity contribution in [1.82, 2.24) is 5.43 Å². The zero-order valence-electron chi connectivity index (χ0n) is 10.7. The third kappa shape index (κ3) is 4.65. The smallest absolute Gasteiger partial charge is 0.124 e. The molecular formula is C13H20BrFN2O. The van der Waals surface area contributed by atoms with Gasteiger partial charge < -0.3 is 4.74 Å². The minimum absolute atomic E-state index is 0.0244. The van der Waals surface area contributed by atoms with E-state index in [-0.39, 0.29) is 18.0 Å². The van der Waals surface area contributed by atoms with Crippen molar-refractivity contribution in [1.29, 1.82) is 0 Å². The van der Waals surface area contributed by atoms with E-state index in [4.69, 9.17) is 10.6 Å². The summed E-state index contributed by atoms with van der Waals surface area (Å²) in [4.78, 5) is 0. The highest BCUT2D eigenvalue weighted by molar-refractivity contribution is 9.10. The van der Waals surface area contributed by atoms with Gasteiger partial charge in [-0.15, -0.1) is 0 Å². The van der Waals surface area contributed by atoms with Crippen LogP contribution in [-0.4, -0.2) is 18.8 Å². The van der Waals surface area contributed by atoms with Gasteiger partial charge in [0.1, 0.15) is 5.82 Å². The average molecular weight is 319 g/mol. The molecule has 0 aliphatic carbocycles. The highest BCUT2D eigenvalue weighted by Gasteiger charge is 2.19. The molecule has 2 atom stereocenters. The van der Waals surface area contributed by atoms with Crippen LogP contribution in [0.25, 0.3) is 0 Å². The normalized spacial score (nSPS) is 14.5. The van der Waals surface area contributed by atoms with Crippen LogP contribution in [0.3, 0.4) is 0 Å². The Bertz CT molecular complexity index is 356.